The van der Waals surface area contributed by atoms with Crippen molar-refractivity contribution in [3.8, 4) is 0 Å². The second-order valence-corrected chi connectivity index (χ2v) is 8.63. The zero-order valence-electron chi connectivity index (χ0n) is 17.2. The molecule has 0 aliphatic rings. The molecule has 27 heavy (non-hydrogen) atoms. The second kappa shape index (κ2) is 11.9. The molecule has 0 amide bonds. The molecule has 2 N–H and O–H groups in total. The van der Waals surface area contributed by atoms with Gasteiger partial charge in [0.1, 0.15) is 0 Å². The molecule has 0 saturated carbocycles. The molecule has 0 aliphatic heterocycles. The molecule has 0 bridgehead atoms. The number of hydrogen-bond donors (Lipinski definition) is 2. The Bertz CT molecular complexity index is 705. The van der Waals surface area contributed by atoms with E-state index in [2.05, 4.69) is 27.6 Å². The van der Waals surface area contributed by atoms with Crippen LogP contribution in [0.5, 0.6) is 0 Å². The standard InChI is InChI=1S/C19H34N4O3S/c1-6-20-19(21-10-7-11-23(3)12-13-26-4)22-15-17-8-9-18(16(2)14-17)27(5,24)25/h8-9,14H,6-7,10-13,15H2,1-5H3,(H2,20,21,22). The van der Waals surface area contributed by atoms with Crippen LogP contribution in [0.2, 0.25) is 0 Å². The first-order valence-corrected chi connectivity index (χ1v) is 11.2. The van der Waals surface area contributed by atoms with Crippen LogP contribution in [0.15, 0.2) is 28.1 Å². The van der Waals surface area contributed by atoms with Crippen LogP contribution in [0, 0.1) is 6.92 Å². The molecule has 7 nitrogen and oxygen atoms in total. The van der Waals surface area contributed by atoms with Crippen molar-refractivity contribution in [1.29, 1.82) is 0 Å². The number of nitrogens with zero attached hydrogens (tertiary/aromatic N) is 2. The fourth-order valence-electron chi connectivity index (χ4n) is 2.65. The highest BCUT2D eigenvalue weighted by Crippen LogP contribution is 2.17. The lowest BCUT2D eigenvalue weighted by Crippen LogP contribution is -2.38. The largest absolute Gasteiger partial charge is 0.383 e. The Labute approximate surface area is 164 Å². The van der Waals surface area contributed by atoms with Gasteiger partial charge in [0, 0.05) is 33.0 Å². The van der Waals surface area contributed by atoms with Crippen LogP contribution in [-0.2, 0) is 21.1 Å². The average Bonchev–Trinajstić information content (AvgIpc) is 2.60. The molecule has 0 spiro atoms. The predicted molar refractivity (Wildman–Crippen MR) is 111 cm³/mol. The molecule has 1 rings (SSSR count). The lowest BCUT2D eigenvalue weighted by atomic mass is 10.1. The number of rotatable bonds is 11. The number of aliphatic imine (C=N–C) groups is 1. The number of aryl methyl sites for hydroxylation is 1. The molecule has 0 fully saturated rings. The van der Waals surface area contributed by atoms with Crippen LogP contribution in [0.3, 0.4) is 0 Å². The Kier molecular flexibility index (Phi) is 10.4. The van der Waals surface area contributed by atoms with E-state index in [9.17, 15) is 8.42 Å². The summed E-state index contributed by atoms with van der Waals surface area (Å²) < 4.78 is 28.5. The summed E-state index contributed by atoms with van der Waals surface area (Å²) in [6, 6.07) is 5.36. The Hall–Kier alpha value is -1.64. The van der Waals surface area contributed by atoms with Gasteiger partial charge in [-0.25, -0.2) is 13.4 Å². The second-order valence-electron chi connectivity index (χ2n) is 6.64. The van der Waals surface area contributed by atoms with Crippen molar-refractivity contribution in [2.75, 3.05) is 53.2 Å². The lowest BCUT2D eigenvalue weighted by Gasteiger charge is -2.17. The average molecular weight is 399 g/mol. The number of methoxy groups -OCH3 is 1. The van der Waals surface area contributed by atoms with Crippen LogP contribution in [0.4, 0.5) is 0 Å². The van der Waals surface area contributed by atoms with Crippen LogP contribution in [-0.4, -0.2) is 72.5 Å². The normalized spacial score (nSPS) is 12.4. The highest BCUT2D eigenvalue weighted by molar-refractivity contribution is 7.90. The molecule has 0 aromatic heterocycles. The highest BCUT2D eigenvalue weighted by Gasteiger charge is 2.10. The van der Waals surface area contributed by atoms with E-state index < -0.39 is 9.84 Å². The molecule has 0 saturated heterocycles. The molecule has 0 atom stereocenters. The number of hydrogen-bond acceptors (Lipinski definition) is 5. The summed E-state index contributed by atoms with van der Waals surface area (Å²) >= 11 is 0. The van der Waals surface area contributed by atoms with Gasteiger partial charge in [-0.15, -0.1) is 0 Å². The van der Waals surface area contributed by atoms with Gasteiger partial charge < -0.3 is 20.3 Å². The van der Waals surface area contributed by atoms with Crippen molar-refractivity contribution in [3.05, 3.63) is 29.3 Å². The molecular formula is C19H34N4O3S. The summed E-state index contributed by atoms with van der Waals surface area (Å²) in [5.41, 5.74) is 1.73. The molecule has 8 heteroatoms. The number of guanidine groups is 1. The van der Waals surface area contributed by atoms with Gasteiger partial charge in [0.15, 0.2) is 15.8 Å². The molecule has 0 unspecified atom stereocenters. The van der Waals surface area contributed by atoms with Crippen molar-refractivity contribution in [1.82, 2.24) is 15.5 Å². The molecule has 0 aliphatic carbocycles. The van der Waals surface area contributed by atoms with Crippen molar-refractivity contribution in [2.24, 2.45) is 4.99 Å². The van der Waals surface area contributed by atoms with E-state index in [1.54, 1.807) is 13.2 Å². The van der Waals surface area contributed by atoms with Gasteiger partial charge in [-0.1, -0.05) is 12.1 Å². The number of likely N-dealkylation sites (N-methyl/N-ethyl adjacent to an activating group) is 1. The number of sulfone groups is 1. The van der Waals surface area contributed by atoms with Crippen LogP contribution >= 0.6 is 0 Å². The summed E-state index contributed by atoms with van der Waals surface area (Å²) in [6.07, 6.45) is 2.24. The van der Waals surface area contributed by atoms with Crippen molar-refractivity contribution >= 4 is 15.8 Å². The number of benzene rings is 1. The van der Waals surface area contributed by atoms with Crippen LogP contribution in [0.1, 0.15) is 24.5 Å². The highest BCUT2D eigenvalue weighted by atomic mass is 32.2. The first kappa shape index (κ1) is 23.4. The Morgan fingerprint density at radius 2 is 2.00 bits per heavy atom. The van der Waals surface area contributed by atoms with E-state index >= 15 is 0 Å². The smallest absolute Gasteiger partial charge is 0.191 e. The van der Waals surface area contributed by atoms with Gasteiger partial charge in [0.25, 0.3) is 0 Å². The minimum Gasteiger partial charge on any atom is -0.383 e. The van der Waals surface area contributed by atoms with Crippen molar-refractivity contribution in [3.63, 3.8) is 0 Å². The Morgan fingerprint density at radius 3 is 2.59 bits per heavy atom. The molecule has 154 valence electrons. The Balaban J connectivity index is 2.57. The SMILES string of the molecule is CCNC(=NCc1ccc(S(C)(=O)=O)c(C)c1)NCCCN(C)CCOC. The molecule has 1 aromatic carbocycles. The van der Waals surface area contributed by atoms with Gasteiger partial charge in [0.05, 0.1) is 18.0 Å². The zero-order valence-corrected chi connectivity index (χ0v) is 18.0. The van der Waals surface area contributed by atoms with E-state index in [0.29, 0.717) is 11.4 Å². The van der Waals surface area contributed by atoms with Crippen LogP contribution in [0.25, 0.3) is 0 Å². The van der Waals surface area contributed by atoms with Gasteiger partial charge in [0.2, 0.25) is 0 Å². The first-order chi connectivity index (χ1) is 12.8. The van der Waals surface area contributed by atoms with E-state index in [4.69, 9.17) is 4.74 Å². The topological polar surface area (TPSA) is 83.0 Å². The van der Waals surface area contributed by atoms with Gasteiger partial charge in [-0.2, -0.15) is 0 Å². The quantitative estimate of drug-likeness (QED) is 0.333. The maximum absolute atomic E-state index is 11.7. The Morgan fingerprint density at radius 1 is 1.26 bits per heavy atom. The first-order valence-electron chi connectivity index (χ1n) is 9.27. The molecule has 0 radical (unpaired) electrons. The van der Waals surface area contributed by atoms with Gasteiger partial charge in [-0.05, 0) is 51.1 Å². The van der Waals surface area contributed by atoms with Crippen LogP contribution < -0.4 is 10.6 Å². The minimum atomic E-state index is -3.19. The van der Waals surface area contributed by atoms with Gasteiger partial charge >= 0.3 is 0 Å². The minimum absolute atomic E-state index is 0.373. The number of nitrogens with one attached hydrogen (secondary N) is 2. The summed E-state index contributed by atoms with van der Waals surface area (Å²) in [5.74, 6) is 0.766. The summed E-state index contributed by atoms with van der Waals surface area (Å²) in [5, 5.41) is 6.57. The fourth-order valence-corrected chi connectivity index (χ4v) is 3.61. The lowest BCUT2D eigenvalue weighted by molar-refractivity contribution is 0.161. The summed E-state index contributed by atoms with van der Waals surface area (Å²) in [7, 11) is 0.607. The van der Waals surface area contributed by atoms with E-state index in [1.165, 1.54) is 6.26 Å². The number of ether oxygens (including phenoxy) is 1. The molecular weight excluding hydrogens is 364 g/mol. The third-order valence-corrected chi connectivity index (χ3v) is 5.35. The predicted octanol–water partition coefficient (Wildman–Crippen LogP) is 1.42. The zero-order chi connectivity index (χ0) is 20.3. The van der Waals surface area contributed by atoms with E-state index in [0.717, 1.165) is 56.3 Å². The van der Waals surface area contributed by atoms with Crippen molar-refractivity contribution < 1.29 is 13.2 Å². The third kappa shape index (κ3) is 9.21. The third-order valence-electron chi connectivity index (χ3n) is 4.09. The monoisotopic (exact) mass is 398 g/mol. The van der Waals surface area contributed by atoms with E-state index in [-0.39, 0.29) is 0 Å². The fraction of sp³-hybridized carbons (Fsp3) is 0.632. The molecule has 1 aromatic rings. The maximum Gasteiger partial charge on any atom is 0.191 e. The van der Waals surface area contributed by atoms with Gasteiger partial charge in [-0.3, -0.25) is 0 Å². The maximum atomic E-state index is 11.7. The summed E-state index contributed by atoms with van der Waals surface area (Å²) in [4.78, 5) is 7.20. The van der Waals surface area contributed by atoms with Crippen molar-refractivity contribution in [2.45, 2.75) is 31.7 Å². The molecule has 0 heterocycles. The van der Waals surface area contributed by atoms with E-state index in [1.807, 2.05) is 26.0 Å². The summed E-state index contributed by atoms with van der Waals surface area (Å²) in [6.45, 7) is 8.60.